The molecule has 0 aliphatic heterocycles. The molecule has 0 saturated heterocycles. The molecular weight excluding hydrogens is 398 g/mol. The number of ether oxygens (including phenoxy) is 2. The second-order valence-corrected chi connectivity index (χ2v) is 9.38. The summed E-state index contributed by atoms with van der Waals surface area (Å²) in [7, 11) is 0. The van der Waals surface area contributed by atoms with E-state index in [1.165, 1.54) is 19.3 Å². The van der Waals surface area contributed by atoms with Crippen LogP contribution in [0.1, 0.15) is 50.5 Å². The highest BCUT2D eigenvalue weighted by Crippen LogP contribution is 2.55. The van der Waals surface area contributed by atoms with Crippen LogP contribution in [0.5, 0.6) is 11.5 Å². The van der Waals surface area contributed by atoms with Gasteiger partial charge in [-0.05, 0) is 80.4 Å². The van der Waals surface area contributed by atoms with Gasteiger partial charge in [0.2, 0.25) is 5.91 Å². The van der Waals surface area contributed by atoms with E-state index in [9.17, 15) is 14.4 Å². The van der Waals surface area contributed by atoms with E-state index in [4.69, 9.17) is 20.9 Å². The van der Waals surface area contributed by atoms with Crippen molar-refractivity contribution < 1.29 is 23.9 Å². The van der Waals surface area contributed by atoms with Crippen molar-refractivity contribution >= 4 is 17.8 Å². The van der Waals surface area contributed by atoms with Gasteiger partial charge < -0.3 is 26.3 Å². The topological polar surface area (TPSA) is 134 Å². The number of hydrogen-bond donors (Lipinski definition) is 3. The van der Waals surface area contributed by atoms with Crippen molar-refractivity contribution in [2.75, 3.05) is 13.1 Å². The number of carbonyl (C=O) groups excluding carboxylic acids is 3. The first-order valence-electron chi connectivity index (χ1n) is 11.1. The second-order valence-electron chi connectivity index (χ2n) is 9.38. The van der Waals surface area contributed by atoms with Crippen LogP contribution in [0.2, 0.25) is 0 Å². The minimum Gasteiger partial charge on any atom is -0.422 e. The van der Waals surface area contributed by atoms with E-state index in [-0.39, 0.29) is 36.0 Å². The Labute approximate surface area is 182 Å². The van der Waals surface area contributed by atoms with Gasteiger partial charge in [-0.2, -0.15) is 0 Å². The molecule has 8 nitrogen and oxygen atoms in total. The first-order chi connectivity index (χ1) is 14.9. The molecule has 4 aliphatic rings. The smallest absolute Gasteiger partial charge is 0.325 e. The Bertz CT molecular complexity index is 833. The lowest BCUT2D eigenvalue weighted by molar-refractivity contribution is -0.135. The summed E-state index contributed by atoms with van der Waals surface area (Å²) in [5, 5.41) is 3.37. The van der Waals surface area contributed by atoms with Crippen LogP contribution in [0.4, 0.5) is 0 Å². The summed E-state index contributed by atoms with van der Waals surface area (Å²) >= 11 is 0. The van der Waals surface area contributed by atoms with Gasteiger partial charge in [-0.3, -0.25) is 14.4 Å². The molecule has 168 valence electrons. The normalized spacial score (nSPS) is 28.3. The van der Waals surface area contributed by atoms with Crippen molar-refractivity contribution in [2.45, 2.75) is 56.9 Å². The van der Waals surface area contributed by atoms with Crippen molar-refractivity contribution in [3.05, 3.63) is 23.8 Å². The molecule has 4 aliphatic carbocycles. The Kier molecular flexibility index (Phi) is 6.29. The molecule has 0 aromatic heterocycles. The predicted octanol–water partition coefficient (Wildman–Crippen LogP) is 1.43. The number of amides is 1. The zero-order valence-corrected chi connectivity index (χ0v) is 17.7. The number of nitrogens with two attached hydrogens (primary N) is 2. The van der Waals surface area contributed by atoms with Crippen molar-refractivity contribution in [3.63, 3.8) is 0 Å². The minimum absolute atomic E-state index is 0.00602. The lowest BCUT2D eigenvalue weighted by Gasteiger charge is -2.56. The van der Waals surface area contributed by atoms with Crippen molar-refractivity contribution in [1.29, 1.82) is 0 Å². The largest absolute Gasteiger partial charge is 0.422 e. The predicted molar refractivity (Wildman–Crippen MR) is 113 cm³/mol. The molecule has 0 heterocycles. The van der Waals surface area contributed by atoms with E-state index >= 15 is 0 Å². The number of rotatable bonds is 8. The molecule has 4 fully saturated rings. The summed E-state index contributed by atoms with van der Waals surface area (Å²) in [5.41, 5.74) is 11.4. The van der Waals surface area contributed by atoms with Gasteiger partial charge in [-0.25, -0.2) is 0 Å². The Morgan fingerprint density at radius 3 is 2.00 bits per heavy atom. The average molecular weight is 430 g/mol. The number of carbonyl (C=O) groups is 3. The van der Waals surface area contributed by atoms with Crippen molar-refractivity contribution in [2.24, 2.45) is 29.2 Å². The van der Waals surface area contributed by atoms with Gasteiger partial charge in [0.15, 0.2) is 11.5 Å². The Hall–Kier alpha value is -2.45. The third-order valence-electron chi connectivity index (χ3n) is 6.87. The summed E-state index contributed by atoms with van der Waals surface area (Å²) in [6.07, 6.45) is 8.17. The molecule has 0 unspecified atom stereocenters. The van der Waals surface area contributed by atoms with Gasteiger partial charge >= 0.3 is 11.9 Å². The minimum atomic E-state index is -0.651. The Balaban J connectivity index is 1.38. The van der Waals surface area contributed by atoms with Crippen LogP contribution in [-0.2, 0) is 20.8 Å². The molecule has 0 radical (unpaired) electrons. The highest BCUT2D eigenvalue weighted by Gasteiger charge is 2.51. The Morgan fingerprint density at radius 2 is 1.45 bits per heavy atom. The molecule has 5 rings (SSSR count). The summed E-state index contributed by atoms with van der Waals surface area (Å²) in [5.74, 6) is 1.27. The zero-order valence-electron chi connectivity index (χ0n) is 17.7. The highest BCUT2D eigenvalue weighted by atomic mass is 16.6. The van der Waals surface area contributed by atoms with Crippen LogP contribution in [-0.4, -0.2) is 36.5 Å². The maximum atomic E-state index is 12.8. The summed E-state index contributed by atoms with van der Waals surface area (Å²) in [6.45, 7) is -0.599. The molecule has 4 saturated carbocycles. The standard InChI is InChI=1S/C23H31N3O5/c24-12-21(28)30-18-3-1-14(8-19(18)31-22(29)13-25)2-4-20(27)26-23-9-15-5-16(10-23)7-17(6-15)11-23/h1,3,8,15-17H,2,4-7,9-13,24-25H2,(H,26,27). The van der Waals surface area contributed by atoms with Crippen LogP contribution >= 0.6 is 0 Å². The maximum Gasteiger partial charge on any atom is 0.325 e. The number of aryl methyl sites for hydroxylation is 1. The van der Waals surface area contributed by atoms with Crippen LogP contribution in [0.25, 0.3) is 0 Å². The van der Waals surface area contributed by atoms with Crippen LogP contribution in [0.3, 0.4) is 0 Å². The SMILES string of the molecule is NCC(=O)Oc1ccc(CCC(=O)NC23CC4CC(CC(C4)C2)C3)cc1OC(=O)CN. The van der Waals surface area contributed by atoms with Crippen LogP contribution < -0.4 is 26.3 Å². The summed E-state index contributed by atoms with van der Waals surface area (Å²) in [6, 6.07) is 4.89. The van der Waals surface area contributed by atoms with Gasteiger partial charge in [0, 0.05) is 12.0 Å². The third-order valence-corrected chi connectivity index (χ3v) is 6.87. The molecule has 1 amide bonds. The number of nitrogens with one attached hydrogen (secondary N) is 1. The summed E-state index contributed by atoms with van der Waals surface area (Å²) < 4.78 is 10.3. The molecule has 8 heteroatoms. The Morgan fingerprint density at radius 1 is 0.903 bits per heavy atom. The van der Waals surface area contributed by atoms with Gasteiger partial charge in [0.25, 0.3) is 0 Å². The molecule has 1 aromatic rings. The van der Waals surface area contributed by atoms with Gasteiger partial charge in [-0.15, -0.1) is 0 Å². The number of hydrogen-bond acceptors (Lipinski definition) is 7. The quantitative estimate of drug-likeness (QED) is 0.420. The van der Waals surface area contributed by atoms with E-state index in [0.29, 0.717) is 12.8 Å². The van der Waals surface area contributed by atoms with Crippen LogP contribution in [0, 0.1) is 17.8 Å². The van der Waals surface area contributed by atoms with Crippen LogP contribution in [0.15, 0.2) is 18.2 Å². The molecule has 0 spiro atoms. The maximum absolute atomic E-state index is 12.8. The van der Waals surface area contributed by atoms with Crippen molar-refractivity contribution in [3.8, 4) is 11.5 Å². The fourth-order valence-corrected chi connectivity index (χ4v) is 6.08. The fraction of sp³-hybridized carbons (Fsp3) is 0.609. The zero-order chi connectivity index (χ0) is 22.0. The first kappa shape index (κ1) is 21.8. The van der Waals surface area contributed by atoms with Crippen molar-refractivity contribution in [1.82, 2.24) is 5.32 Å². The van der Waals surface area contributed by atoms with Gasteiger partial charge in [0.05, 0.1) is 13.1 Å². The molecule has 1 aromatic carbocycles. The second kappa shape index (κ2) is 8.96. The van der Waals surface area contributed by atoms with Gasteiger partial charge in [0.1, 0.15) is 0 Å². The van der Waals surface area contributed by atoms with E-state index in [0.717, 1.165) is 42.6 Å². The van der Waals surface area contributed by atoms with Gasteiger partial charge in [-0.1, -0.05) is 6.07 Å². The summed E-state index contributed by atoms with van der Waals surface area (Å²) in [4.78, 5) is 35.9. The first-order valence-corrected chi connectivity index (χ1v) is 11.1. The molecular formula is C23H31N3O5. The molecule has 5 N–H and O–H groups in total. The van der Waals surface area contributed by atoms with E-state index in [2.05, 4.69) is 5.32 Å². The highest BCUT2D eigenvalue weighted by molar-refractivity contribution is 5.78. The molecule has 4 bridgehead atoms. The monoisotopic (exact) mass is 429 g/mol. The lowest BCUT2D eigenvalue weighted by atomic mass is 9.53. The lowest BCUT2D eigenvalue weighted by Crippen LogP contribution is -2.59. The average Bonchev–Trinajstić information content (AvgIpc) is 2.72. The molecule has 0 atom stereocenters. The molecule has 31 heavy (non-hydrogen) atoms. The third kappa shape index (κ3) is 5.07. The number of esters is 2. The van der Waals surface area contributed by atoms with E-state index in [1.54, 1.807) is 18.2 Å². The fourth-order valence-electron chi connectivity index (χ4n) is 6.08. The number of benzene rings is 1. The van der Waals surface area contributed by atoms with E-state index in [1.807, 2.05) is 0 Å². The van der Waals surface area contributed by atoms with E-state index < -0.39 is 11.9 Å².